The summed E-state index contributed by atoms with van der Waals surface area (Å²) in [5.74, 6) is 0.470. The van der Waals surface area contributed by atoms with E-state index < -0.39 is 0 Å². The molecule has 4 heteroatoms. The largest absolute Gasteiger partial charge is 0.462 e. The monoisotopic (exact) mass is 252 g/mol. The highest BCUT2D eigenvalue weighted by Gasteiger charge is 2.46. The van der Waals surface area contributed by atoms with Gasteiger partial charge in [0.15, 0.2) is 0 Å². The Balaban J connectivity index is 1.23. The number of rotatable bonds is 3. The van der Waals surface area contributed by atoms with E-state index >= 15 is 0 Å². The van der Waals surface area contributed by atoms with Crippen molar-refractivity contribution >= 4 is 5.97 Å². The lowest BCUT2D eigenvalue weighted by Gasteiger charge is -2.22. The summed E-state index contributed by atoms with van der Waals surface area (Å²) in [5.41, 5.74) is 0. The summed E-state index contributed by atoms with van der Waals surface area (Å²) in [7, 11) is 0. The fourth-order valence-electron chi connectivity index (χ4n) is 3.62. The van der Waals surface area contributed by atoms with Crippen LogP contribution in [0.2, 0.25) is 0 Å². The number of hydrogen-bond acceptors (Lipinski definition) is 4. The number of esters is 1. The summed E-state index contributed by atoms with van der Waals surface area (Å²) in [4.78, 5) is 11.9. The molecule has 2 saturated heterocycles. The van der Waals surface area contributed by atoms with Crippen molar-refractivity contribution in [1.29, 1.82) is 0 Å². The summed E-state index contributed by atoms with van der Waals surface area (Å²) in [6.07, 6.45) is 8.76. The average molecular weight is 252 g/mol. The number of epoxide rings is 2. The quantitative estimate of drug-likeness (QED) is 0.568. The van der Waals surface area contributed by atoms with E-state index in [9.17, 15) is 4.79 Å². The molecule has 2 aliphatic carbocycles. The lowest BCUT2D eigenvalue weighted by atomic mass is 9.87. The summed E-state index contributed by atoms with van der Waals surface area (Å²) < 4.78 is 16.5. The summed E-state index contributed by atoms with van der Waals surface area (Å²) in [6, 6.07) is 0. The highest BCUT2D eigenvalue weighted by Crippen LogP contribution is 2.41. The molecule has 0 spiro atoms. The van der Waals surface area contributed by atoms with E-state index in [1.54, 1.807) is 0 Å². The molecule has 2 saturated carbocycles. The van der Waals surface area contributed by atoms with Crippen molar-refractivity contribution in [1.82, 2.24) is 0 Å². The van der Waals surface area contributed by atoms with Crippen molar-refractivity contribution in [2.75, 3.05) is 0 Å². The van der Waals surface area contributed by atoms with E-state index in [1.165, 1.54) is 0 Å². The number of hydrogen-bond donors (Lipinski definition) is 0. The predicted octanol–water partition coefficient (Wildman–Crippen LogP) is 1.81. The van der Waals surface area contributed by atoms with Crippen LogP contribution in [0.15, 0.2) is 0 Å². The third kappa shape index (κ3) is 2.28. The first-order chi connectivity index (χ1) is 8.78. The zero-order valence-electron chi connectivity index (χ0n) is 10.5. The number of carbonyl (C=O) groups is 1. The third-order valence-corrected chi connectivity index (χ3v) is 4.82. The van der Waals surface area contributed by atoms with Crippen molar-refractivity contribution in [3.8, 4) is 0 Å². The summed E-state index contributed by atoms with van der Waals surface area (Å²) in [6.45, 7) is 0. The molecule has 0 N–H and O–H groups in total. The van der Waals surface area contributed by atoms with Crippen LogP contribution in [0, 0.1) is 5.92 Å². The minimum Gasteiger partial charge on any atom is -0.462 e. The van der Waals surface area contributed by atoms with Crippen molar-refractivity contribution in [3.05, 3.63) is 0 Å². The first kappa shape index (κ1) is 11.2. The number of fused-ring (bicyclic) bond motifs is 2. The van der Waals surface area contributed by atoms with Crippen LogP contribution in [-0.4, -0.2) is 36.5 Å². The second-order valence-electron chi connectivity index (χ2n) is 6.23. The molecule has 2 aliphatic heterocycles. The van der Waals surface area contributed by atoms with Crippen LogP contribution in [0.5, 0.6) is 0 Å². The van der Waals surface area contributed by atoms with Gasteiger partial charge in [0.1, 0.15) is 6.10 Å². The molecule has 0 aromatic carbocycles. The van der Waals surface area contributed by atoms with Crippen LogP contribution in [0.3, 0.4) is 0 Å². The molecule has 0 radical (unpaired) electrons. The molecule has 0 unspecified atom stereocenters. The van der Waals surface area contributed by atoms with Crippen LogP contribution >= 0.6 is 0 Å². The molecule has 6 atom stereocenters. The van der Waals surface area contributed by atoms with Gasteiger partial charge in [-0.25, -0.2) is 0 Å². The van der Waals surface area contributed by atoms with Crippen LogP contribution in [0.1, 0.15) is 44.9 Å². The SMILES string of the molecule is O=C(C[C@@H]1CC[C@@H]2O[C@H]2C1)O[C@@H]1CC[C@H]2O[C@@H]2C1. The first-order valence-electron chi connectivity index (χ1n) is 7.28. The molecular formula is C14H20O4. The Morgan fingerprint density at radius 1 is 0.944 bits per heavy atom. The normalized spacial score (nSPS) is 48.9. The van der Waals surface area contributed by atoms with Gasteiger partial charge >= 0.3 is 5.97 Å². The van der Waals surface area contributed by atoms with Gasteiger partial charge in [-0.05, 0) is 38.0 Å². The molecular weight excluding hydrogens is 232 g/mol. The molecule has 0 amide bonds. The molecule has 4 nitrogen and oxygen atoms in total. The molecule has 4 rings (SSSR count). The van der Waals surface area contributed by atoms with Gasteiger partial charge in [0, 0.05) is 12.8 Å². The molecule has 2 heterocycles. The minimum atomic E-state index is -0.0109. The highest BCUT2D eigenvalue weighted by molar-refractivity contribution is 5.70. The second-order valence-corrected chi connectivity index (χ2v) is 6.23. The zero-order chi connectivity index (χ0) is 12.1. The second kappa shape index (κ2) is 4.20. The lowest BCUT2D eigenvalue weighted by molar-refractivity contribution is -0.151. The van der Waals surface area contributed by atoms with Crippen LogP contribution in [-0.2, 0) is 19.0 Å². The molecule has 100 valence electrons. The molecule has 4 aliphatic rings. The molecule has 4 fully saturated rings. The Morgan fingerprint density at radius 2 is 1.67 bits per heavy atom. The Kier molecular flexibility index (Phi) is 2.62. The minimum absolute atomic E-state index is 0.0109. The first-order valence-corrected chi connectivity index (χ1v) is 7.28. The Morgan fingerprint density at radius 3 is 2.39 bits per heavy atom. The van der Waals surface area contributed by atoms with Gasteiger partial charge in [0.2, 0.25) is 0 Å². The number of carbonyl (C=O) groups excluding carboxylic acids is 1. The van der Waals surface area contributed by atoms with Crippen molar-refractivity contribution in [2.45, 2.75) is 75.5 Å². The Labute approximate surface area is 107 Å². The van der Waals surface area contributed by atoms with E-state index in [0.717, 1.165) is 38.5 Å². The van der Waals surface area contributed by atoms with Crippen LogP contribution in [0.25, 0.3) is 0 Å². The topological polar surface area (TPSA) is 51.4 Å². The van der Waals surface area contributed by atoms with Crippen LogP contribution in [0.4, 0.5) is 0 Å². The Bertz CT molecular complexity index is 324. The average Bonchev–Trinajstić information content (AvgIpc) is 3.22. The maximum Gasteiger partial charge on any atom is 0.306 e. The van der Waals surface area contributed by atoms with Crippen molar-refractivity contribution in [3.63, 3.8) is 0 Å². The standard InChI is InChI=1S/C14H20O4/c15-14(6-8-1-3-10-12(5-8)17-10)16-9-2-4-11-13(7-9)18-11/h8-13H,1-7H2/t8-,9-,10+,11-,12+,13-/m1/s1. The van der Waals surface area contributed by atoms with E-state index in [1.807, 2.05) is 0 Å². The summed E-state index contributed by atoms with van der Waals surface area (Å²) in [5, 5.41) is 0. The maximum atomic E-state index is 11.9. The fraction of sp³-hybridized carbons (Fsp3) is 0.929. The molecule has 0 aromatic heterocycles. The summed E-state index contributed by atoms with van der Waals surface area (Å²) >= 11 is 0. The molecule has 18 heavy (non-hydrogen) atoms. The van der Waals surface area contributed by atoms with E-state index in [-0.39, 0.29) is 12.1 Å². The van der Waals surface area contributed by atoms with Gasteiger partial charge < -0.3 is 14.2 Å². The molecule has 0 aromatic rings. The van der Waals surface area contributed by atoms with Crippen LogP contribution < -0.4 is 0 Å². The van der Waals surface area contributed by atoms with Gasteiger partial charge in [-0.1, -0.05) is 0 Å². The zero-order valence-corrected chi connectivity index (χ0v) is 10.5. The van der Waals surface area contributed by atoms with Gasteiger partial charge in [-0.15, -0.1) is 0 Å². The smallest absolute Gasteiger partial charge is 0.306 e. The number of ether oxygens (including phenoxy) is 3. The maximum absolute atomic E-state index is 11.9. The Hall–Kier alpha value is -0.610. The van der Waals surface area contributed by atoms with Crippen molar-refractivity contribution in [2.24, 2.45) is 5.92 Å². The van der Waals surface area contributed by atoms with Gasteiger partial charge in [0.05, 0.1) is 24.4 Å². The lowest BCUT2D eigenvalue weighted by Crippen LogP contribution is -2.26. The van der Waals surface area contributed by atoms with E-state index in [4.69, 9.17) is 14.2 Å². The van der Waals surface area contributed by atoms with Gasteiger partial charge in [0.25, 0.3) is 0 Å². The van der Waals surface area contributed by atoms with E-state index in [2.05, 4.69) is 0 Å². The predicted molar refractivity (Wildman–Crippen MR) is 63.0 cm³/mol. The van der Waals surface area contributed by atoms with Gasteiger partial charge in [-0.3, -0.25) is 4.79 Å². The van der Waals surface area contributed by atoms with E-state index in [0.29, 0.717) is 36.8 Å². The van der Waals surface area contributed by atoms with Crippen molar-refractivity contribution < 1.29 is 19.0 Å². The fourth-order valence-corrected chi connectivity index (χ4v) is 3.62. The molecule has 0 bridgehead atoms. The third-order valence-electron chi connectivity index (χ3n) is 4.82. The van der Waals surface area contributed by atoms with Gasteiger partial charge in [-0.2, -0.15) is 0 Å². The highest BCUT2D eigenvalue weighted by atomic mass is 16.6.